The van der Waals surface area contributed by atoms with Gasteiger partial charge in [0.05, 0.1) is 13.2 Å². The summed E-state index contributed by atoms with van der Waals surface area (Å²) >= 11 is 0. The van der Waals surface area contributed by atoms with Crippen molar-refractivity contribution in [3.05, 3.63) is 47.3 Å². The van der Waals surface area contributed by atoms with Crippen LogP contribution in [-0.4, -0.2) is 104 Å². The highest BCUT2D eigenvalue weighted by Crippen LogP contribution is 2.50. The Labute approximate surface area is 241 Å². The molecule has 0 bridgehead atoms. The molecule has 5 aliphatic heterocycles. The molecule has 7 rings (SSSR count). The van der Waals surface area contributed by atoms with Gasteiger partial charge in [-0.1, -0.05) is 0 Å². The van der Waals surface area contributed by atoms with Crippen LogP contribution in [0.4, 0.5) is 0 Å². The number of aryl methyl sites for hydroxylation is 2. The number of rotatable bonds is 2. The van der Waals surface area contributed by atoms with Crippen molar-refractivity contribution in [2.75, 3.05) is 13.2 Å². The Hall–Kier alpha value is -3.68. The Morgan fingerprint density at radius 2 is 1.05 bits per heavy atom. The van der Waals surface area contributed by atoms with E-state index >= 15 is 0 Å². The zero-order chi connectivity index (χ0) is 31.5. The third-order valence-electron chi connectivity index (χ3n) is 7.57. The lowest BCUT2D eigenvalue weighted by molar-refractivity contribution is -0.271. The summed E-state index contributed by atoms with van der Waals surface area (Å²) in [7, 11) is 0. The van der Waals surface area contributed by atoms with Crippen LogP contribution in [0.1, 0.15) is 35.9 Å². The van der Waals surface area contributed by atoms with Crippen LogP contribution < -0.4 is 5.32 Å². The quantitative estimate of drug-likeness (QED) is 0.132. The molecule has 0 saturated carbocycles. The number of aliphatic hydroxyl groups is 6. The topological polar surface area (TPSA) is 265 Å². The van der Waals surface area contributed by atoms with Gasteiger partial charge in [-0.2, -0.15) is 0 Å². The van der Waals surface area contributed by atoms with Crippen molar-refractivity contribution in [2.24, 2.45) is 0 Å². The molecule has 2 aromatic rings. The minimum atomic E-state index is -2.47. The largest absolute Gasteiger partial charge is 0.462 e. The van der Waals surface area contributed by atoms with Crippen LogP contribution in [0.2, 0.25) is 0 Å². The van der Waals surface area contributed by atoms with Gasteiger partial charge in [0.25, 0.3) is 22.8 Å². The Morgan fingerprint density at radius 1 is 0.674 bits per heavy atom. The number of carbonyl (C=O) groups is 4. The van der Waals surface area contributed by atoms with Gasteiger partial charge in [0.15, 0.2) is 23.7 Å². The molecule has 0 unspecified atom stereocenters. The van der Waals surface area contributed by atoms with Crippen molar-refractivity contribution in [3.63, 3.8) is 0 Å². The van der Waals surface area contributed by atoms with Crippen LogP contribution in [0.5, 0.6) is 0 Å². The summed E-state index contributed by atoms with van der Waals surface area (Å²) in [5, 5.41) is 62.8. The molecular formula is C26H29NO16. The molecule has 43 heavy (non-hydrogen) atoms. The molecule has 0 aromatic carbocycles. The van der Waals surface area contributed by atoms with Gasteiger partial charge in [0.2, 0.25) is 11.8 Å². The molecule has 2 amide bonds. The molecule has 7 heterocycles. The van der Waals surface area contributed by atoms with Gasteiger partial charge in [0, 0.05) is 12.8 Å². The zero-order valence-corrected chi connectivity index (χ0v) is 22.7. The summed E-state index contributed by atoms with van der Waals surface area (Å²) in [5.41, 5.74) is -4.94. The first-order chi connectivity index (χ1) is 20.1. The number of esters is 2. The molecule has 0 aliphatic carbocycles. The van der Waals surface area contributed by atoms with Crippen molar-refractivity contribution in [1.82, 2.24) is 5.32 Å². The minimum absolute atomic E-state index is 0.148. The average Bonchev–Trinajstić information content (AvgIpc) is 3.81. The summed E-state index contributed by atoms with van der Waals surface area (Å²) in [6.45, 7) is 2.77. The smallest absolute Gasteiger partial charge is 0.352 e. The maximum atomic E-state index is 11.8. The summed E-state index contributed by atoms with van der Waals surface area (Å²) in [6, 6.07) is 5.77. The van der Waals surface area contributed by atoms with Crippen LogP contribution in [0.15, 0.2) is 33.1 Å². The van der Waals surface area contributed by atoms with E-state index in [1.165, 1.54) is 24.3 Å². The fourth-order valence-electron chi connectivity index (χ4n) is 5.24. The van der Waals surface area contributed by atoms with Crippen molar-refractivity contribution in [2.45, 2.75) is 73.9 Å². The van der Waals surface area contributed by atoms with Gasteiger partial charge in [-0.25, -0.2) is 9.59 Å². The lowest BCUT2D eigenvalue weighted by Crippen LogP contribution is -2.55. The second kappa shape index (κ2) is 10.5. The van der Waals surface area contributed by atoms with Crippen LogP contribution in [0.3, 0.4) is 0 Å². The summed E-state index contributed by atoms with van der Waals surface area (Å²) in [5.74, 6) is -6.63. The van der Waals surface area contributed by atoms with Crippen molar-refractivity contribution in [3.8, 4) is 0 Å². The standard InChI is InChI=1S/2C11H12O7.C4H5NO2/c2*1-5-2-3-7(17-5)10(14)9(13)18-8-6(12)4-16-11(8,10)15;6-3-1-2-4(7)5-3/h2*2-3,6,8,12,14-15H,4H2,1H3;1-2H2,(H,5,6,7)/t2*6-,8+,10+,11-;/m00./s1. The fraction of sp³-hybridized carbons (Fsp3) is 0.538. The highest BCUT2D eigenvalue weighted by Gasteiger charge is 2.76. The fourth-order valence-corrected chi connectivity index (χ4v) is 5.24. The van der Waals surface area contributed by atoms with Gasteiger partial charge in [-0.05, 0) is 38.1 Å². The number of nitrogens with one attached hydrogen (secondary N) is 1. The van der Waals surface area contributed by atoms with E-state index in [9.17, 15) is 49.8 Å². The molecule has 0 spiro atoms. The van der Waals surface area contributed by atoms with Crippen molar-refractivity contribution in [1.29, 1.82) is 0 Å². The molecule has 5 fully saturated rings. The number of ether oxygens (including phenoxy) is 4. The maximum absolute atomic E-state index is 11.8. The van der Waals surface area contributed by atoms with E-state index in [0.29, 0.717) is 24.4 Å². The first-order valence-electron chi connectivity index (χ1n) is 13.0. The molecule has 234 valence electrons. The number of hydrogen-bond donors (Lipinski definition) is 7. The van der Waals surface area contributed by atoms with Gasteiger partial charge >= 0.3 is 11.9 Å². The Bertz CT molecular complexity index is 1340. The minimum Gasteiger partial charge on any atom is -0.462 e. The van der Waals surface area contributed by atoms with Crippen molar-refractivity contribution >= 4 is 23.8 Å². The predicted molar refractivity (Wildman–Crippen MR) is 131 cm³/mol. The van der Waals surface area contributed by atoms with E-state index in [4.69, 9.17) is 27.8 Å². The third-order valence-corrected chi connectivity index (χ3v) is 7.57. The zero-order valence-electron chi connectivity index (χ0n) is 22.7. The summed E-state index contributed by atoms with van der Waals surface area (Å²) in [4.78, 5) is 43.8. The van der Waals surface area contributed by atoms with E-state index in [2.05, 4.69) is 5.32 Å². The average molecular weight is 612 g/mol. The van der Waals surface area contributed by atoms with E-state index in [-0.39, 0.29) is 36.5 Å². The summed E-state index contributed by atoms with van der Waals surface area (Å²) in [6.07, 6.45) is -4.30. The number of aliphatic hydroxyl groups excluding tert-OH is 2. The lowest BCUT2D eigenvalue weighted by Gasteiger charge is -2.29. The monoisotopic (exact) mass is 611 g/mol. The second-order valence-electron chi connectivity index (χ2n) is 10.5. The van der Waals surface area contributed by atoms with Gasteiger partial charge in [-0.3, -0.25) is 14.9 Å². The number of carbonyl (C=O) groups excluding carboxylic acids is 4. The SMILES string of the molecule is Cc1ccc([C@@]2(O)C(=O)O[C@@H]3[C@@H](O)CO[C@@]32O)o1.Cc1ccc([C@@]2(O)C(=O)O[C@@H]3[C@@H](O)CO[C@@]32O)o1.O=C1CCC(=O)N1. The van der Waals surface area contributed by atoms with Crippen LogP contribution in [-0.2, 0) is 49.3 Å². The Morgan fingerprint density at radius 3 is 1.33 bits per heavy atom. The molecule has 17 nitrogen and oxygen atoms in total. The van der Waals surface area contributed by atoms with E-state index < -0.39 is 59.1 Å². The number of fused-ring (bicyclic) bond motifs is 2. The molecule has 2 aromatic heterocycles. The van der Waals surface area contributed by atoms with Crippen LogP contribution >= 0.6 is 0 Å². The van der Waals surface area contributed by atoms with Crippen LogP contribution in [0, 0.1) is 13.8 Å². The van der Waals surface area contributed by atoms with Crippen LogP contribution in [0.25, 0.3) is 0 Å². The van der Waals surface area contributed by atoms with E-state index in [1.54, 1.807) is 13.8 Å². The predicted octanol–water partition coefficient (Wildman–Crippen LogP) is -3.02. The molecule has 17 heteroatoms. The first-order valence-corrected chi connectivity index (χ1v) is 13.0. The molecule has 0 radical (unpaired) electrons. The highest BCUT2D eigenvalue weighted by atomic mass is 16.7. The lowest BCUT2D eigenvalue weighted by atomic mass is 9.89. The van der Waals surface area contributed by atoms with E-state index in [1.807, 2.05) is 0 Å². The van der Waals surface area contributed by atoms with Gasteiger partial charge in [-0.15, -0.1) is 0 Å². The highest BCUT2D eigenvalue weighted by molar-refractivity contribution is 6.01. The molecule has 5 aliphatic rings. The molecule has 8 atom stereocenters. The van der Waals surface area contributed by atoms with Gasteiger partial charge in [0.1, 0.15) is 23.7 Å². The second-order valence-corrected chi connectivity index (χ2v) is 10.5. The number of amides is 2. The number of furan rings is 2. The Balaban J connectivity index is 0.000000141. The first kappa shape index (κ1) is 30.8. The van der Waals surface area contributed by atoms with E-state index in [0.717, 1.165) is 0 Å². The number of hydrogen-bond acceptors (Lipinski definition) is 16. The Kier molecular flexibility index (Phi) is 7.51. The third kappa shape index (κ3) is 4.56. The summed E-state index contributed by atoms with van der Waals surface area (Å²) < 4.78 is 29.9. The van der Waals surface area contributed by atoms with Gasteiger partial charge < -0.3 is 58.4 Å². The normalized spacial score (nSPS) is 39.3. The number of imide groups is 1. The molecular weight excluding hydrogens is 582 g/mol. The molecule has 7 N–H and O–H groups in total. The maximum Gasteiger partial charge on any atom is 0.352 e. The molecule has 5 saturated heterocycles. The van der Waals surface area contributed by atoms with Crippen molar-refractivity contribution < 1.29 is 77.6 Å².